The third kappa shape index (κ3) is 3.76. The van der Waals surface area contributed by atoms with Gasteiger partial charge in [0.15, 0.2) is 5.79 Å². The smallest absolute Gasteiger partial charge is 0.317 e. The number of urea groups is 1. The molecular weight excluding hydrogens is 308 g/mol. The maximum atomic E-state index is 12.6. The van der Waals surface area contributed by atoms with Crippen molar-refractivity contribution in [3.05, 3.63) is 12.2 Å². The highest BCUT2D eigenvalue weighted by molar-refractivity contribution is 5.74. The van der Waals surface area contributed by atoms with Crippen LogP contribution in [0.1, 0.15) is 33.1 Å². The van der Waals surface area contributed by atoms with Gasteiger partial charge in [-0.15, -0.1) is 0 Å². The standard InChI is InChI=1S/C18H30N2O4/c1-13(2)16-14(6-8-22-16)11-19-17(21)20-7-4-5-15(12-20)18(3)23-9-10-24-18/h14-16H,1,4-12H2,2-3H3,(H,19,21)/t14-,15-,16-/m0/s1. The van der Waals surface area contributed by atoms with Crippen LogP contribution < -0.4 is 5.32 Å². The van der Waals surface area contributed by atoms with Crippen LogP contribution >= 0.6 is 0 Å². The van der Waals surface area contributed by atoms with E-state index < -0.39 is 5.79 Å². The number of carbonyl (C=O) groups excluding carboxylic acids is 1. The Morgan fingerprint density at radius 2 is 2.04 bits per heavy atom. The van der Waals surface area contributed by atoms with Gasteiger partial charge in [-0.3, -0.25) is 0 Å². The zero-order chi connectivity index (χ0) is 17.2. The van der Waals surface area contributed by atoms with Gasteiger partial charge in [-0.2, -0.15) is 0 Å². The van der Waals surface area contributed by atoms with Gasteiger partial charge in [0.1, 0.15) is 0 Å². The Balaban J connectivity index is 1.50. The first-order valence-electron chi connectivity index (χ1n) is 9.07. The number of hydrogen-bond donors (Lipinski definition) is 1. The van der Waals surface area contributed by atoms with Crippen molar-refractivity contribution in [2.24, 2.45) is 11.8 Å². The van der Waals surface area contributed by atoms with Crippen LogP contribution in [0.5, 0.6) is 0 Å². The van der Waals surface area contributed by atoms with E-state index in [0.29, 0.717) is 32.2 Å². The predicted octanol–water partition coefficient (Wildman–Crippen LogP) is 2.15. The first-order chi connectivity index (χ1) is 11.5. The summed E-state index contributed by atoms with van der Waals surface area (Å²) < 4.78 is 17.3. The predicted molar refractivity (Wildman–Crippen MR) is 90.7 cm³/mol. The van der Waals surface area contributed by atoms with E-state index in [9.17, 15) is 4.79 Å². The molecule has 0 bridgehead atoms. The highest BCUT2D eigenvalue weighted by Gasteiger charge is 2.42. The van der Waals surface area contributed by atoms with Crippen LogP contribution in [0.15, 0.2) is 12.2 Å². The second-order valence-electron chi connectivity index (χ2n) is 7.37. The van der Waals surface area contributed by atoms with Crippen molar-refractivity contribution in [2.45, 2.75) is 45.0 Å². The topological polar surface area (TPSA) is 60.0 Å². The van der Waals surface area contributed by atoms with Gasteiger partial charge in [-0.25, -0.2) is 4.79 Å². The molecule has 24 heavy (non-hydrogen) atoms. The molecule has 3 saturated heterocycles. The first kappa shape index (κ1) is 17.7. The molecule has 136 valence electrons. The van der Waals surface area contributed by atoms with Crippen LogP contribution in [0, 0.1) is 11.8 Å². The van der Waals surface area contributed by atoms with Gasteiger partial charge in [0.2, 0.25) is 0 Å². The number of carbonyl (C=O) groups is 1. The van der Waals surface area contributed by atoms with Crippen LogP contribution in [-0.2, 0) is 14.2 Å². The SMILES string of the molecule is C=C(C)[C@@H]1OCC[C@H]1CNC(=O)N1CCC[C@H](C2(C)OCCO2)C1. The van der Waals surface area contributed by atoms with Gasteiger partial charge >= 0.3 is 6.03 Å². The molecule has 0 radical (unpaired) electrons. The molecule has 3 aliphatic heterocycles. The maximum absolute atomic E-state index is 12.6. The van der Waals surface area contributed by atoms with Crippen molar-refractivity contribution in [3.8, 4) is 0 Å². The average molecular weight is 338 g/mol. The highest BCUT2D eigenvalue weighted by atomic mass is 16.7. The van der Waals surface area contributed by atoms with Crippen molar-refractivity contribution >= 4 is 6.03 Å². The third-order valence-corrected chi connectivity index (χ3v) is 5.53. The Labute approximate surface area is 144 Å². The summed E-state index contributed by atoms with van der Waals surface area (Å²) in [5, 5.41) is 3.09. The largest absolute Gasteiger partial charge is 0.374 e. The molecule has 6 heteroatoms. The summed E-state index contributed by atoms with van der Waals surface area (Å²) in [6.45, 7) is 12.1. The summed E-state index contributed by atoms with van der Waals surface area (Å²) >= 11 is 0. The van der Waals surface area contributed by atoms with Crippen molar-refractivity contribution in [3.63, 3.8) is 0 Å². The number of amides is 2. The van der Waals surface area contributed by atoms with E-state index >= 15 is 0 Å². The van der Waals surface area contributed by atoms with E-state index in [1.54, 1.807) is 0 Å². The quantitative estimate of drug-likeness (QED) is 0.798. The van der Waals surface area contributed by atoms with Crippen molar-refractivity contribution in [1.29, 1.82) is 0 Å². The molecule has 0 aromatic rings. The molecule has 2 amide bonds. The number of rotatable bonds is 4. The Bertz CT molecular complexity index is 476. The van der Waals surface area contributed by atoms with Crippen LogP contribution in [0.4, 0.5) is 4.79 Å². The number of ether oxygens (including phenoxy) is 3. The van der Waals surface area contributed by atoms with Gasteiger partial charge in [0.05, 0.1) is 19.3 Å². The Hall–Kier alpha value is -1.11. The Morgan fingerprint density at radius 1 is 1.29 bits per heavy atom. The number of hydrogen-bond acceptors (Lipinski definition) is 4. The number of piperidine rings is 1. The molecule has 0 aromatic carbocycles. The van der Waals surface area contributed by atoms with E-state index in [0.717, 1.165) is 38.0 Å². The van der Waals surface area contributed by atoms with Gasteiger partial charge in [0.25, 0.3) is 0 Å². The Kier molecular flexibility index (Phi) is 5.47. The fourth-order valence-electron chi connectivity index (χ4n) is 4.07. The molecule has 3 atom stereocenters. The van der Waals surface area contributed by atoms with E-state index in [4.69, 9.17) is 14.2 Å². The first-order valence-corrected chi connectivity index (χ1v) is 9.07. The number of nitrogens with one attached hydrogen (secondary N) is 1. The molecule has 3 heterocycles. The molecule has 0 aliphatic carbocycles. The molecule has 0 unspecified atom stereocenters. The van der Waals surface area contributed by atoms with E-state index in [1.165, 1.54) is 0 Å². The number of nitrogens with zero attached hydrogens (tertiary/aromatic N) is 1. The zero-order valence-electron chi connectivity index (χ0n) is 14.9. The van der Waals surface area contributed by atoms with E-state index in [1.807, 2.05) is 18.7 Å². The van der Waals surface area contributed by atoms with Crippen LogP contribution in [0.2, 0.25) is 0 Å². The van der Waals surface area contributed by atoms with Crippen molar-refractivity contribution < 1.29 is 19.0 Å². The summed E-state index contributed by atoms with van der Waals surface area (Å²) in [5.74, 6) is 0.0204. The van der Waals surface area contributed by atoms with Gasteiger partial charge in [-0.05, 0) is 33.1 Å². The lowest BCUT2D eigenvalue weighted by Gasteiger charge is -2.40. The summed E-state index contributed by atoms with van der Waals surface area (Å²) in [4.78, 5) is 14.5. The normalized spacial score (nSPS) is 32.8. The molecule has 1 N–H and O–H groups in total. The summed E-state index contributed by atoms with van der Waals surface area (Å²) in [5.41, 5.74) is 1.04. The molecule has 3 rings (SSSR count). The monoisotopic (exact) mass is 338 g/mol. The summed E-state index contributed by atoms with van der Waals surface area (Å²) in [6.07, 6.45) is 3.06. The fraction of sp³-hybridized carbons (Fsp3) is 0.833. The highest BCUT2D eigenvalue weighted by Crippen LogP contribution is 2.34. The van der Waals surface area contributed by atoms with Gasteiger partial charge < -0.3 is 24.4 Å². The number of likely N-dealkylation sites (tertiary alicyclic amines) is 1. The molecule has 6 nitrogen and oxygen atoms in total. The van der Waals surface area contributed by atoms with Crippen molar-refractivity contribution in [2.75, 3.05) is 39.5 Å². The lowest BCUT2D eigenvalue weighted by Crippen LogP contribution is -2.52. The minimum absolute atomic E-state index is 0.00802. The third-order valence-electron chi connectivity index (χ3n) is 5.53. The average Bonchev–Trinajstić information content (AvgIpc) is 3.22. The van der Waals surface area contributed by atoms with E-state index in [-0.39, 0.29) is 18.1 Å². The summed E-state index contributed by atoms with van der Waals surface area (Å²) in [7, 11) is 0. The van der Waals surface area contributed by atoms with Crippen molar-refractivity contribution in [1.82, 2.24) is 10.2 Å². The van der Waals surface area contributed by atoms with Crippen LogP contribution in [0.3, 0.4) is 0 Å². The van der Waals surface area contributed by atoms with Crippen LogP contribution in [-0.4, -0.2) is 62.3 Å². The maximum Gasteiger partial charge on any atom is 0.317 e. The molecule has 0 spiro atoms. The molecular formula is C18H30N2O4. The molecule has 0 saturated carbocycles. The minimum Gasteiger partial charge on any atom is -0.374 e. The molecule has 0 aromatic heterocycles. The molecule has 3 fully saturated rings. The Morgan fingerprint density at radius 3 is 2.75 bits per heavy atom. The van der Waals surface area contributed by atoms with Gasteiger partial charge in [-0.1, -0.05) is 12.2 Å². The second-order valence-corrected chi connectivity index (χ2v) is 7.37. The van der Waals surface area contributed by atoms with Crippen LogP contribution in [0.25, 0.3) is 0 Å². The minimum atomic E-state index is -0.538. The summed E-state index contributed by atoms with van der Waals surface area (Å²) in [6, 6.07) is 0.00802. The van der Waals surface area contributed by atoms with Gasteiger partial charge in [0, 0.05) is 38.1 Å². The molecule has 3 aliphatic rings. The lowest BCUT2D eigenvalue weighted by molar-refractivity contribution is -0.189. The fourth-order valence-corrected chi connectivity index (χ4v) is 4.07. The lowest BCUT2D eigenvalue weighted by atomic mass is 9.90. The van der Waals surface area contributed by atoms with E-state index in [2.05, 4.69) is 11.9 Å². The zero-order valence-corrected chi connectivity index (χ0v) is 14.9. The second kappa shape index (κ2) is 7.42.